The number of benzene rings is 2. The number of nitrogens with zero attached hydrogens (tertiary/aromatic N) is 1. The molecule has 1 unspecified atom stereocenters. The molecule has 2 aromatic rings. The van der Waals surface area contributed by atoms with Crippen molar-refractivity contribution in [2.45, 2.75) is 64.5 Å². The van der Waals surface area contributed by atoms with Crippen LogP contribution in [0.1, 0.15) is 63.1 Å². The smallest absolute Gasteiger partial charge is 0.247 e. The van der Waals surface area contributed by atoms with Crippen LogP contribution in [0.5, 0.6) is 11.5 Å². The highest BCUT2D eigenvalue weighted by atomic mass is 35.5. The number of ether oxygens (including phenoxy) is 2. The Morgan fingerprint density at radius 3 is 2.49 bits per heavy atom. The minimum atomic E-state index is -0.873. The summed E-state index contributed by atoms with van der Waals surface area (Å²) in [7, 11) is 1.56. The van der Waals surface area contributed by atoms with Gasteiger partial charge < -0.3 is 19.7 Å². The predicted molar refractivity (Wildman–Crippen MR) is 149 cm³/mol. The van der Waals surface area contributed by atoms with E-state index in [1.165, 1.54) is 0 Å². The molecule has 2 aromatic carbocycles. The van der Waals surface area contributed by atoms with Gasteiger partial charge in [0, 0.05) is 17.6 Å². The molecule has 0 saturated heterocycles. The van der Waals surface area contributed by atoms with Crippen molar-refractivity contribution < 1.29 is 19.1 Å². The largest absolute Gasteiger partial charge is 0.493 e. The van der Waals surface area contributed by atoms with Gasteiger partial charge >= 0.3 is 0 Å². The van der Waals surface area contributed by atoms with Gasteiger partial charge in [0.15, 0.2) is 11.5 Å². The van der Waals surface area contributed by atoms with Gasteiger partial charge in [0.05, 0.1) is 13.7 Å². The van der Waals surface area contributed by atoms with Crippen molar-refractivity contribution in [1.82, 2.24) is 10.2 Å². The van der Waals surface area contributed by atoms with Crippen LogP contribution in [0, 0.1) is 5.92 Å². The summed E-state index contributed by atoms with van der Waals surface area (Å²) in [5.74, 6) is 0.994. The lowest BCUT2D eigenvalue weighted by Crippen LogP contribution is -2.48. The molecule has 0 aromatic heterocycles. The fourth-order valence-corrected chi connectivity index (χ4v) is 5.14. The maximum Gasteiger partial charge on any atom is 0.247 e. The number of alkyl halides is 1. The van der Waals surface area contributed by atoms with Gasteiger partial charge in [-0.1, -0.05) is 49.7 Å². The summed E-state index contributed by atoms with van der Waals surface area (Å²) >= 11 is 12.4. The van der Waals surface area contributed by atoms with Crippen molar-refractivity contribution in [3.05, 3.63) is 58.6 Å². The molecule has 8 heteroatoms. The maximum atomic E-state index is 13.8. The number of carbonyl (C=O) groups is 2. The zero-order chi connectivity index (χ0) is 26.8. The fraction of sp³-hybridized carbons (Fsp3) is 0.517. The fourth-order valence-electron chi connectivity index (χ4n) is 4.76. The van der Waals surface area contributed by atoms with Crippen molar-refractivity contribution in [1.29, 1.82) is 0 Å². The second kappa shape index (κ2) is 14.5. The number of amides is 2. The number of carbonyl (C=O) groups excluding carboxylic acids is 2. The monoisotopic (exact) mass is 548 g/mol. The number of methoxy groups -OCH3 is 1. The number of halogens is 2. The summed E-state index contributed by atoms with van der Waals surface area (Å²) in [6.07, 6.45) is 5.34. The van der Waals surface area contributed by atoms with Crippen LogP contribution in [-0.2, 0) is 16.0 Å². The zero-order valence-corrected chi connectivity index (χ0v) is 23.5. The quantitative estimate of drug-likeness (QED) is 0.321. The van der Waals surface area contributed by atoms with Gasteiger partial charge in [0.1, 0.15) is 11.9 Å². The molecule has 0 aliphatic heterocycles. The Hall–Kier alpha value is -2.44. The topological polar surface area (TPSA) is 67.9 Å². The molecule has 37 heavy (non-hydrogen) atoms. The van der Waals surface area contributed by atoms with Crippen LogP contribution in [0.15, 0.2) is 42.5 Å². The van der Waals surface area contributed by atoms with Crippen LogP contribution >= 0.6 is 23.2 Å². The van der Waals surface area contributed by atoms with Crippen LogP contribution in [-0.4, -0.2) is 48.9 Å². The van der Waals surface area contributed by atoms with Crippen molar-refractivity contribution in [3.8, 4) is 11.5 Å². The molecule has 2 amide bonds. The van der Waals surface area contributed by atoms with E-state index in [1.807, 2.05) is 37.3 Å². The second-order valence-corrected chi connectivity index (χ2v) is 10.4. The molecule has 0 bridgehead atoms. The summed E-state index contributed by atoms with van der Waals surface area (Å²) in [5, 5.41) is 3.84. The molecule has 1 atom stereocenters. The molecular weight excluding hydrogens is 511 g/mol. The molecule has 1 aliphatic rings. The van der Waals surface area contributed by atoms with Gasteiger partial charge in [-0.15, -0.1) is 11.6 Å². The third kappa shape index (κ3) is 8.02. The summed E-state index contributed by atoms with van der Waals surface area (Å²) in [6, 6.07) is 12.1. The third-order valence-corrected chi connectivity index (χ3v) is 7.50. The highest BCUT2D eigenvalue weighted by Gasteiger charge is 2.33. The Kier molecular flexibility index (Phi) is 11.4. The number of hydrogen-bond acceptors (Lipinski definition) is 4. The van der Waals surface area contributed by atoms with E-state index in [9.17, 15) is 9.59 Å². The van der Waals surface area contributed by atoms with Gasteiger partial charge in [-0.3, -0.25) is 9.59 Å². The first-order valence-electron chi connectivity index (χ1n) is 13.1. The van der Waals surface area contributed by atoms with Gasteiger partial charge in [-0.25, -0.2) is 0 Å². The highest BCUT2D eigenvalue weighted by molar-refractivity contribution is 6.31. The molecule has 1 fully saturated rings. The average Bonchev–Trinajstić information content (AvgIpc) is 2.91. The Bertz CT molecular complexity index is 1040. The second-order valence-electron chi connectivity index (χ2n) is 9.69. The van der Waals surface area contributed by atoms with Crippen LogP contribution in [0.3, 0.4) is 0 Å². The van der Waals surface area contributed by atoms with E-state index in [2.05, 4.69) is 12.2 Å². The molecular formula is C29H38Cl2N2O4. The lowest BCUT2D eigenvalue weighted by molar-refractivity contribution is -0.139. The Morgan fingerprint density at radius 2 is 1.84 bits per heavy atom. The molecule has 6 nitrogen and oxygen atoms in total. The Morgan fingerprint density at radius 1 is 1.11 bits per heavy atom. The molecule has 1 N–H and O–H groups in total. The Balaban J connectivity index is 1.95. The van der Waals surface area contributed by atoms with E-state index in [4.69, 9.17) is 32.7 Å². The van der Waals surface area contributed by atoms with E-state index < -0.39 is 6.04 Å². The minimum Gasteiger partial charge on any atom is -0.493 e. The van der Waals surface area contributed by atoms with Gasteiger partial charge in [0.25, 0.3) is 0 Å². The summed E-state index contributed by atoms with van der Waals surface area (Å²) < 4.78 is 11.4. The number of nitrogens with one attached hydrogen (secondary N) is 1. The van der Waals surface area contributed by atoms with Gasteiger partial charge in [-0.05, 0) is 73.8 Å². The molecule has 202 valence electrons. The lowest BCUT2D eigenvalue weighted by Gasteiger charge is -2.34. The predicted octanol–water partition coefficient (Wildman–Crippen LogP) is 6.18. The van der Waals surface area contributed by atoms with E-state index >= 15 is 0 Å². The standard InChI is InChI=1S/C29H38Cl2N2O4/c1-4-17-37-25-14-11-22(18-26(25)36-3)28(29(35)32-23-12-9-20(2)10-13-23)33(27(34)19-30)16-15-21-7-5-6-8-24(21)31/h5-8,11,14,18,20,23,28H,4,9-10,12-13,15-17,19H2,1-3H3,(H,32,35). The Labute approximate surface area is 230 Å². The van der Waals surface area contributed by atoms with Crippen molar-refractivity contribution in [3.63, 3.8) is 0 Å². The van der Waals surface area contributed by atoms with E-state index in [0.717, 1.165) is 37.7 Å². The average molecular weight is 550 g/mol. The highest BCUT2D eigenvalue weighted by Crippen LogP contribution is 2.34. The first-order chi connectivity index (χ1) is 17.9. The molecule has 1 aliphatic carbocycles. The van der Waals surface area contributed by atoms with Gasteiger partial charge in [-0.2, -0.15) is 0 Å². The van der Waals surface area contributed by atoms with Crippen LogP contribution in [0.4, 0.5) is 0 Å². The van der Waals surface area contributed by atoms with Crippen molar-refractivity contribution >= 4 is 35.0 Å². The number of rotatable bonds is 12. The third-order valence-electron chi connectivity index (χ3n) is 6.90. The summed E-state index contributed by atoms with van der Waals surface area (Å²) in [5.41, 5.74) is 1.54. The van der Waals surface area contributed by atoms with E-state index in [1.54, 1.807) is 24.1 Å². The number of hydrogen-bond donors (Lipinski definition) is 1. The SMILES string of the molecule is CCCOc1ccc(C(C(=O)NC2CCC(C)CC2)N(CCc2ccccc2Cl)C(=O)CCl)cc1OC. The molecule has 0 heterocycles. The normalized spacial score (nSPS) is 18.1. The van der Waals surface area contributed by atoms with Gasteiger partial charge in [0.2, 0.25) is 11.8 Å². The van der Waals surface area contributed by atoms with Crippen LogP contribution < -0.4 is 14.8 Å². The van der Waals surface area contributed by atoms with E-state index in [-0.39, 0.29) is 30.3 Å². The first-order valence-corrected chi connectivity index (χ1v) is 14.0. The summed E-state index contributed by atoms with van der Waals surface area (Å²) in [4.78, 5) is 28.6. The zero-order valence-electron chi connectivity index (χ0n) is 22.0. The van der Waals surface area contributed by atoms with Crippen LogP contribution in [0.25, 0.3) is 0 Å². The minimum absolute atomic E-state index is 0.0803. The molecule has 3 rings (SSSR count). The summed E-state index contributed by atoms with van der Waals surface area (Å²) in [6.45, 7) is 5.10. The maximum absolute atomic E-state index is 13.8. The molecule has 1 saturated carbocycles. The molecule has 0 spiro atoms. The molecule has 0 radical (unpaired) electrons. The van der Waals surface area contributed by atoms with Crippen molar-refractivity contribution in [2.24, 2.45) is 5.92 Å². The first kappa shape index (κ1) is 29.1. The van der Waals surface area contributed by atoms with E-state index in [0.29, 0.717) is 41.0 Å². The van der Waals surface area contributed by atoms with Crippen molar-refractivity contribution in [2.75, 3.05) is 26.1 Å². The lowest BCUT2D eigenvalue weighted by atomic mass is 9.87. The van der Waals surface area contributed by atoms with Crippen LogP contribution in [0.2, 0.25) is 5.02 Å².